The number of esters is 1. The van der Waals surface area contributed by atoms with Gasteiger partial charge in [0.2, 0.25) is 0 Å². The number of nitrogens with one attached hydrogen (secondary N) is 1. The first-order valence-corrected chi connectivity index (χ1v) is 15.8. The van der Waals surface area contributed by atoms with Crippen LogP contribution in [0.4, 0.5) is 5.69 Å². The van der Waals surface area contributed by atoms with E-state index in [-0.39, 0.29) is 41.2 Å². The van der Waals surface area contributed by atoms with Gasteiger partial charge in [0.25, 0.3) is 11.5 Å². The molecule has 47 heavy (non-hydrogen) atoms. The Bertz CT molecular complexity index is 2040. The number of para-hydroxylation sites is 1. The molecule has 0 spiro atoms. The van der Waals surface area contributed by atoms with Crippen LogP contribution in [0.3, 0.4) is 0 Å². The van der Waals surface area contributed by atoms with E-state index in [0.29, 0.717) is 50.0 Å². The van der Waals surface area contributed by atoms with Crippen LogP contribution in [0.5, 0.6) is 23.0 Å². The van der Waals surface area contributed by atoms with Crippen LogP contribution in [0.15, 0.2) is 81.7 Å². The molecule has 2 heterocycles. The number of hydrogen-bond acceptors (Lipinski definition) is 10. The number of phenols is 1. The van der Waals surface area contributed by atoms with Crippen LogP contribution in [0, 0.1) is 0 Å². The lowest BCUT2D eigenvalue weighted by Gasteiger charge is -2.25. The quantitative estimate of drug-likeness (QED) is 0.220. The number of aromatic hydroxyl groups is 1. The molecule has 3 aromatic carbocycles. The predicted octanol–water partition coefficient (Wildman–Crippen LogP) is 4.58. The number of carbonyl (C=O) groups is 2. The number of thiazole rings is 1. The SMILES string of the molecule is CCOC(=O)C1=C(C)N=c2s/c(=C\c3ccc(OCC(=O)Nc4ccccc4)c(OCC)c3)c(=O)n2C1c1cc(Cl)c(O)c(OC)c1. The van der Waals surface area contributed by atoms with Gasteiger partial charge in [0.15, 0.2) is 34.4 Å². The molecule has 0 aliphatic carbocycles. The number of anilines is 1. The van der Waals surface area contributed by atoms with E-state index in [0.717, 1.165) is 11.3 Å². The van der Waals surface area contributed by atoms with Gasteiger partial charge in [-0.05, 0) is 74.4 Å². The monoisotopic (exact) mass is 677 g/mol. The maximum Gasteiger partial charge on any atom is 0.338 e. The van der Waals surface area contributed by atoms with Gasteiger partial charge in [0.05, 0.1) is 47.2 Å². The number of benzene rings is 3. The van der Waals surface area contributed by atoms with Crippen LogP contribution in [0.25, 0.3) is 6.08 Å². The average Bonchev–Trinajstić information content (AvgIpc) is 3.35. The third-order valence-corrected chi connectivity index (χ3v) is 8.36. The van der Waals surface area contributed by atoms with Gasteiger partial charge in [-0.25, -0.2) is 9.79 Å². The molecule has 0 saturated carbocycles. The largest absolute Gasteiger partial charge is 0.503 e. The third kappa shape index (κ3) is 7.18. The fourth-order valence-electron chi connectivity index (χ4n) is 5.03. The van der Waals surface area contributed by atoms with Gasteiger partial charge < -0.3 is 29.4 Å². The zero-order valence-corrected chi connectivity index (χ0v) is 27.6. The van der Waals surface area contributed by atoms with Crippen molar-refractivity contribution in [2.75, 3.05) is 32.2 Å². The molecule has 244 valence electrons. The number of aromatic nitrogens is 1. The normalized spacial score (nSPS) is 14.2. The molecule has 0 bridgehead atoms. The molecule has 5 rings (SSSR count). The Labute approximate surface area is 279 Å². The molecule has 0 fully saturated rings. The van der Waals surface area contributed by atoms with Crippen molar-refractivity contribution in [3.05, 3.63) is 108 Å². The first-order chi connectivity index (χ1) is 22.6. The van der Waals surface area contributed by atoms with Crippen molar-refractivity contribution in [3.8, 4) is 23.0 Å². The highest BCUT2D eigenvalue weighted by Gasteiger charge is 2.34. The number of nitrogens with zero attached hydrogens (tertiary/aromatic N) is 2. The predicted molar refractivity (Wildman–Crippen MR) is 178 cm³/mol. The minimum absolute atomic E-state index is 0.0114. The molecule has 13 heteroatoms. The van der Waals surface area contributed by atoms with Crippen LogP contribution in [-0.2, 0) is 14.3 Å². The van der Waals surface area contributed by atoms with Crippen LogP contribution >= 0.6 is 22.9 Å². The van der Waals surface area contributed by atoms with Crippen LogP contribution in [0.2, 0.25) is 5.02 Å². The Morgan fingerprint density at radius 2 is 1.81 bits per heavy atom. The molecule has 0 radical (unpaired) electrons. The van der Waals surface area contributed by atoms with Gasteiger partial charge in [-0.15, -0.1) is 0 Å². The first kappa shape index (κ1) is 33.3. The van der Waals surface area contributed by atoms with Crippen molar-refractivity contribution in [1.82, 2.24) is 4.57 Å². The Kier molecular flexibility index (Phi) is 10.3. The summed E-state index contributed by atoms with van der Waals surface area (Å²) in [5.41, 5.74) is 1.83. The fourth-order valence-corrected chi connectivity index (χ4v) is 6.30. The summed E-state index contributed by atoms with van der Waals surface area (Å²) in [5.74, 6) is -0.393. The number of amides is 1. The second-order valence-electron chi connectivity index (χ2n) is 10.2. The Hall–Kier alpha value is -5.07. The molecule has 4 aromatic rings. The van der Waals surface area contributed by atoms with Gasteiger partial charge >= 0.3 is 5.97 Å². The molecule has 1 aliphatic rings. The lowest BCUT2D eigenvalue weighted by Crippen LogP contribution is -2.40. The van der Waals surface area contributed by atoms with Gasteiger partial charge in [-0.1, -0.05) is 47.2 Å². The number of carbonyl (C=O) groups excluding carboxylic acids is 2. The molecule has 1 unspecified atom stereocenters. The summed E-state index contributed by atoms with van der Waals surface area (Å²) in [7, 11) is 1.38. The standard InChI is InChI=1S/C34H32ClN3O8S/c1-5-44-25-14-20(12-13-24(25)46-18-28(39)37-22-10-8-7-9-11-22)15-27-32(41)38-30(21-16-23(35)31(40)26(17-21)43-4)29(33(42)45-6-2)19(3)36-34(38)47-27/h7-17,30,40H,5-6,18H2,1-4H3,(H,37,39)/b27-15-. The van der Waals surface area contributed by atoms with E-state index < -0.39 is 17.6 Å². The maximum absolute atomic E-state index is 14.0. The van der Waals surface area contributed by atoms with Gasteiger partial charge in [-0.3, -0.25) is 14.2 Å². The average molecular weight is 678 g/mol. The minimum atomic E-state index is -0.962. The lowest BCUT2D eigenvalue weighted by atomic mass is 9.95. The Balaban J connectivity index is 1.53. The number of fused-ring (bicyclic) bond motifs is 1. The Morgan fingerprint density at radius 3 is 2.51 bits per heavy atom. The van der Waals surface area contributed by atoms with E-state index in [4.69, 9.17) is 30.5 Å². The van der Waals surface area contributed by atoms with Crippen molar-refractivity contribution in [1.29, 1.82) is 0 Å². The molecule has 1 atom stereocenters. The van der Waals surface area contributed by atoms with Crippen molar-refractivity contribution in [2.24, 2.45) is 4.99 Å². The van der Waals surface area contributed by atoms with Crippen LogP contribution < -0.4 is 34.4 Å². The summed E-state index contributed by atoms with van der Waals surface area (Å²) in [6.07, 6.45) is 1.68. The summed E-state index contributed by atoms with van der Waals surface area (Å²) in [6.45, 7) is 5.40. The van der Waals surface area contributed by atoms with Gasteiger partial charge in [-0.2, -0.15) is 0 Å². The molecule has 11 nitrogen and oxygen atoms in total. The van der Waals surface area contributed by atoms with E-state index in [1.54, 1.807) is 50.3 Å². The van der Waals surface area contributed by atoms with E-state index in [9.17, 15) is 19.5 Å². The number of halogens is 1. The molecule has 1 amide bonds. The van der Waals surface area contributed by atoms with Crippen molar-refractivity contribution in [2.45, 2.75) is 26.8 Å². The fraction of sp³-hybridized carbons (Fsp3) is 0.235. The summed E-state index contributed by atoms with van der Waals surface area (Å²) < 4.78 is 23.9. The molecular formula is C34H32ClN3O8S. The molecule has 1 aliphatic heterocycles. The number of allylic oxidation sites excluding steroid dienone is 1. The highest BCUT2D eigenvalue weighted by Crippen LogP contribution is 2.40. The Morgan fingerprint density at radius 1 is 1.04 bits per heavy atom. The van der Waals surface area contributed by atoms with E-state index in [1.807, 2.05) is 25.1 Å². The summed E-state index contributed by atoms with van der Waals surface area (Å²) in [5, 5.41) is 13.1. The molecule has 0 saturated heterocycles. The van der Waals surface area contributed by atoms with Crippen LogP contribution in [0.1, 0.15) is 37.9 Å². The summed E-state index contributed by atoms with van der Waals surface area (Å²) >= 11 is 7.47. The second-order valence-corrected chi connectivity index (χ2v) is 11.6. The lowest BCUT2D eigenvalue weighted by molar-refractivity contribution is -0.139. The topological polar surface area (TPSA) is 138 Å². The van der Waals surface area contributed by atoms with E-state index >= 15 is 0 Å². The maximum atomic E-state index is 14.0. The van der Waals surface area contributed by atoms with Crippen molar-refractivity contribution in [3.63, 3.8) is 0 Å². The number of hydrogen-bond donors (Lipinski definition) is 2. The van der Waals surface area contributed by atoms with E-state index in [2.05, 4.69) is 10.3 Å². The van der Waals surface area contributed by atoms with Crippen molar-refractivity contribution < 1.29 is 33.6 Å². The number of rotatable bonds is 11. The summed E-state index contributed by atoms with van der Waals surface area (Å²) in [4.78, 5) is 44.6. The van der Waals surface area contributed by atoms with Crippen molar-refractivity contribution >= 4 is 46.6 Å². The summed E-state index contributed by atoms with van der Waals surface area (Å²) in [6, 6.07) is 16.2. The zero-order chi connectivity index (χ0) is 33.7. The second kappa shape index (κ2) is 14.6. The van der Waals surface area contributed by atoms with E-state index in [1.165, 1.54) is 23.8 Å². The number of ether oxygens (including phenoxy) is 4. The highest BCUT2D eigenvalue weighted by atomic mass is 35.5. The number of phenolic OH excluding ortho intramolecular Hbond substituents is 1. The third-order valence-electron chi connectivity index (χ3n) is 7.09. The molecular weight excluding hydrogens is 646 g/mol. The molecule has 1 aromatic heterocycles. The molecule has 2 N–H and O–H groups in total. The highest BCUT2D eigenvalue weighted by molar-refractivity contribution is 7.07. The smallest absolute Gasteiger partial charge is 0.338 e. The van der Waals surface area contributed by atoms with Crippen LogP contribution in [-0.4, -0.2) is 48.5 Å². The first-order valence-electron chi connectivity index (χ1n) is 14.7. The zero-order valence-electron chi connectivity index (χ0n) is 26.0. The minimum Gasteiger partial charge on any atom is -0.503 e. The van der Waals surface area contributed by atoms with Gasteiger partial charge in [0, 0.05) is 5.69 Å². The number of methoxy groups -OCH3 is 1. The van der Waals surface area contributed by atoms with Gasteiger partial charge in [0.1, 0.15) is 0 Å².